The van der Waals surface area contributed by atoms with Crippen molar-refractivity contribution in [2.24, 2.45) is 0 Å². The van der Waals surface area contributed by atoms with Crippen LogP contribution < -0.4 is 0 Å². The van der Waals surface area contributed by atoms with Crippen LogP contribution in [0.25, 0.3) is 0 Å². The van der Waals surface area contributed by atoms with Crippen LogP contribution in [0.1, 0.15) is 51.1 Å². The van der Waals surface area contributed by atoms with Crippen molar-refractivity contribution in [1.29, 1.82) is 0 Å². The molecule has 21 heavy (non-hydrogen) atoms. The molecular weight excluding hydrogens is 263 g/mol. The van der Waals surface area contributed by atoms with E-state index in [1.807, 2.05) is 12.1 Å². The molecule has 0 saturated carbocycles. The number of fused-ring (bicyclic) bond motifs is 1. The van der Waals surface area contributed by atoms with Gasteiger partial charge in [-0.3, -0.25) is 9.80 Å². The summed E-state index contributed by atoms with van der Waals surface area (Å²) in [5.74, 6) is -0.143. The summed E-state index contributed by atoms with van der Waals surface area (Å²) in [6.45, 7) is 8.21. The summed E-state index contributed by atoms with van der Waals surface area (Å²) < 4.78 is 13.1. The van der Waals surface area contributed by atoms with Gasteiger partial charge in [0.25, 0.3) is 0 Å². The van der Waals surface area contributed by atoms with Crippen molar-refractivity contribution in [2.45, 2.75) is 57.7 Å². The molecule has 2 saturated heterocycles. The molecule has 2 aliphatic rings. The number of piperidine rings is 1. The summed E-state index contributed by atoms with van der Waals surface area (Å²) in [6.07, 6.45) is 5.26. The van der Waals surface area contributed by atoms with Gasteiger partial charge >= 0.3 is 0 Å². The highest BCUT2D eigenvalue weighted by molar-refractivity contribution is 5.20. The largest absolute Gasteiger partial charge is 0.298 e. The molecule has 0 bridgehead atoms. The number of benzene rings is 1. The third kappa shape index (κ3) is 3.14. The van der Waals surface area contributed by atoms with Gasteiger partial charge in [-0.25, -0.2) is 4.39 Å². The van der Waals surface area contributed by atoms with E-state index in [2.05, 4.69) is 23.6 Å². The first-order chi connectivity index (χ1) is 10.2. The predicted octanol–water partition coefficient (Wildman–Crippen LogP) is 3.84. The second-order valence-corrected chi connectivity index (χ2v) is 6.63. The summed E-state index contributed by atoms with van der Waals surface area (Å²) in [7, 11) is 0. The Bertz CT molecular complexity index is 459. The first-order valence-electron chi connectivity index (χ1n) is 8.44. The van der Waals surface area contributed by atoms with Gasteiger partial charge in [0.1, 0.15) is 5.82 Å². The average Bonchev–Trinajstić information content (AvgIpc) is 2.53. The maximum Gasteiger partial charge on any atom is 0.123 e. The lowest BCUT2D eigenvalue weighted by molar-refractivity contribution is -0.0124. The molecule has 1 aromatic carbocycles. The van der Waals surface area contributed by atoms with E-state index < -0.39 is 0 Å². The van der Waals surface area contributed by atoms with Crippen LogP contribution in [0.15, 0.2) is 24.3 Å². The number of rotatable bonds is 3. The van der Waals surface area contributed by atoms with Crippen LogP contribution in [-0.4, -0.2) is 41.5 Å². The number of hydrogen-bond donors (Lipinski definition) is 0. The Morgan fingerprint density at radius 2 is 1.95 bits per heavy atom. The fourth-order valence-corrected chi connectivity index (χ4v) is 4.05. The van der Waals surface area contributed by atoms with E-state index in [0.29, 0.717) is 12.1 Å². The molecule has 116 valence electrons. The molecule has 0 radical (unpaired) electrons. The maximum absolute atomic E-state index is 13.1. The monoisotopic (exact) mass is 290 g/mol. The molecule has 0 N–H and O–H groups in total. The summed E-state index contributed by atoms with van der Waals surface area (Å²) in [5, 5.41) is 0. The number of halogens is 1. The zero-order valence-electron chi connectivity index (χ0n) is 13.3. The molecule has 0 aromatic heterocycles. The van der Waals surface area contributed by atoms with Crippen molar-refractivity contribution in [2.75, 3.05) is 19.6 Å². The first-order valence-corrected chi connectivity index (χ1v) is 8.44. The van der Waals surface area contributed by atoms with Crippen molar-refractivity contribution in [3.8, 4) is 0 Å². The fourth-order valence-electron chi connectivity index (χ4n) is 4.05. The van der Waals surface area contributed by atoms with Gasteiger partial charge in [0.05, 0.1) is 0 Å². The first kappa shape index (κ1) is 15.0. The van der Waals surface area contributed by atoms with Crippen molar-refractivity contribution in [3.05, 3.63) is 35.6 Å². The summed E-state index contributed by atoms with van der Waals surface area (Å²) in [4.78, 5) is 5.35. The van der Waals surface area contributed by atoms with E-state index in [4.69, 9.17) is 0 Å². The normalized spacial score (nSPS) is 29.1. The Morgan fingerprint density at radius 1 is 1.19 bits per heavy atom. The highest BCUT2D eigenvalue weighted by atomic mass is 19.1. The SMILES string of the molecule is CCC1CN2CCCCC2CN1C(C)c1ccc(F)cc1. The second kappa shape index (κ2) is 6.45. The molecule has 3 heteroatoms. The minimum atomic E-state index is -0.143. The zero-order chi connectivity index (χ0) is 14.8. The smallest absolute Gasteiger partial charge is 0.123 e. The molecule has 2 heterocycles. The van der Waals surface area contributed by atoms with Gasteiger partial charge in [0.15, 0.2) is 0 Å². The minimum Gasteiger partial charge on any atom is -0.298 e. The highest BCUT2D eigenvalue weighted by Gasteiger charge is 2.36. The van der Waals surface area contributed by atoms with Gasteiger partial charge in [0, 0.05) is 31.2 Å². The Kier molecular flexibility index (Phi) is 4.60. The average molecular weight is 290 g/mol. The molecular formula is C18H27FN2. The van der Waals surface area contributed by atoms with Gasteiger partial charge in [-0.1, -0.05) is 25.5 Å². The van der Waals surface area contributed by atoms with Crippen molar-refractivity contribution >= 4 is 0 Å². The van der Waals surface area contributed by atoms with Crippen LogP contribution in [0.4, 0.5) is 4.39 Å². The Labute approximate surface area is 127 Å². The Hall–Kier alpha value is -0.930. The molecule has 2 fully saturated rings. The summed E-state index contributed by atoms with van der Waals surface area (Å²) in [6, 6.07) is 8.79. The summed E-state index contributed by atoms with van der Waals surface area (Å²) in [5.41, 5.74) is 1.24. The van der Waals surface area contributed by atoms with Crippen LogP contribution in [0.3, 0.4) is 0 Å². The van der Waals surface area contributed by atoms with E-state index in [-0.39, 0.29) is 5.82 Å². The Balaban J connectivity index is 1.76. The second-order valence-electron chi connectivity index (χ2n) is 6.63. The number of hydrogen-bond acceptors (Lipinski definition) is 2. The van der Waals surface area contributed by atoms with Crippen molar-refractivity contribution in [1.82, 2.24) is 9.80 Å². The number of nitrogens with zero attached hydrogens (tertiary/aromatic N) is 2. The van der Waals surface area contributed by atoms with Crippen LogP contribution in [0.2, 0.25) is 0 Å². The van der Waals surface area contributed by atoms with Crippen LogP contribution >= 0.6 is 0 Å². The molecule has 0 aliphatic carbocycles. The van der Waals surface area contributed by atoms with E-state index in [9.17, 15) is 4.39 Å². The van der Waals surface area contributed by atoms with E-state index >= 15 is 0 Å². The molecule has 2 nitrogen and oxygen atoms in total. The lowest BCUT2D eigenvalue weighted by Gasteiger charge is -2.50. The molecule has 3 rings (SSSR count). The third-order valence-electron chi connectivity index (χ3n) is 5.41. The van der Waals surface area contributed by atoms with Gasteiger partial charge in [-0.2, -0.15) is 0 Å². The van der Waals surface area contributed by atoms with Crippen LogP contribution in [0.5, 0.6) is 0 Å². The third-order valence-corrected chi connectivity index (χ3v) is 5.41. The Morgan fingerprint density at radius 3 is 2.67 bits per heavy atom. The van der Waals surface area contributed by atoms with E-state index in [1.54, 1.807) is 12.1 Å². The fraction of sp³-hybridized carbons (Fsp3) is 0.667. The molecule has 1 aromatic rings. The van der Waals surface area contributed by atoms with Gasteiger partial charge < -0.3 is 0 Å². The highest BCUT2D eigenvalue weighted by Crippen LogP contribution is 2.31. The molecule has 3 unspecified atom stereocenters. The predicted molar refractivity (Wildman–Crippen MR) is 84.8 cm³/mol. The van der Waals surface area contributed by atoms with Crippen molar-refractivity contribution < 1.29 is 4.39 Å². The molecule has 2 aliphatic heterocycles. The van der Waals surface area contributed by atoms with E-state index in [0.717, 1.165) is 12.6 Å². The number of piperazine rings is 1. The van der Waals surface area contributed by atoms with Gasteiger partial charge in [0.2, 0.25) is 0 Å². The topological polar surface area (TPSA) is 6.48 Å². The van der Waals surface area contributed by atoms with Gasteiger partial charge in [-0.15, -0.1) is 0 Å². The minimum absolute atomic E-state index is 0.143. The lowest BCUT2D eigenvalue weighted by atomic mass is 9.93. The van der Waals surface area contributed by atoms with E-state index in [1.165, 1.54) is 44.3 Å². The van der Waals surface area contributed by atoms with Crippen LogP contribution in [-0.2, 0) is 0 Å². The van der Waals surface area contributed by atoms with Crippen LogP contribution in [0, 0.1) is 5.82 Å². The quantitative estimate of drug-likeness (QED) is 0.834. The van der Waals surface area contributed by atoms with Gasteiger partial charge in [-0.05, 0) is 50.4 Å². The summed E-state index contributed by atoms with van der Waals surface area (Å²) >= 11 is 0. The standard InChI is InChI=1S/C18H27FN2/c1-3-17-12-20-11-5-4-6-18(20)13-21(17)14(2)15-7-9-16(19)10-8-15/h7-10,14,17-18H,3-6,11-13H2,1-2H3. The lowest BCUT2D eigenvalue weighted by Crippen LogP contribution is -2.59. The molecule has 0 amide bonds. The van der Waals surface area contributed by atoms with Crippen molar-refractivity contribution in [3.63, 3.8) is 0 Å². The zero-order valence-corrected chi connectivity index (χ0v) is 13.3. The maximum atomic E-state index is 13.1. The molecule has 3 atom stereocenters. The molecule has 0 spiro atoms.